The van der Waals surface area contributed by atoms with E-state index in [1.165, 1.54) is 16.3 Å². The number of ketones is 1. The van der Waals surface area contributed by atoms with E-state index in [0.29, 0.717) is 35.4 Å². The fourth-order valence-electron chi connectivity index (χ4n) is 3.53. The second-order valence-electron chi connectivity index (χ2n) is 6.96. The van der Waals surface area contributed by atoms with Gasteiger partial charge in [-0.1, -0.05) is 29.5 Å². The van der Waals surface area contributed by atoms with Gasteiger partial charge in [0.1, 0.15) is 13.2 Å². The summed E-state index contributed by atoms with van der Waals surface area (Å²) in [4.78, 5) is 25.1. The highest BCUT2D eigenvalue weighted by molar-refractivity contribution is 7.99. The minimum absolute atomic E-state index is 0.0775. The minimum Gasteiger partial charge on any atom is -0.486 e. The molecule has 1 aromatic heterocycles. The summed E-state index contributed by atoms with van der Waals surface area (Å²) < 4.78 is 12.6. The molecule has 0 amide bonds. The van der Waals surface area contributed by atoms with E-state index in [4.69, 9.17) is 9.47 Å². The summed E-state index contributed by atoms with van der Waals surface area (Å²) in [6, 6.07) is 9.22. The number of thioether (sulfide) groups is 1. The summed E-state index contributed by atoms with van der Waals surface area (Å²) in [5.41, 5.74) is 4.09. The van der Waals surface area contributed by atoms with Gasteiger partial charge < -0.3 is 9.47 Å². The van der Waals surface area contributed by atoms with Gasteiger partial charge in [0.05, 0.1) is 11.4 Å². The largest absolute Gasteiger partial charge is 0.486 e. The maximum Gasteiger partial charge on any atom is 0.348 e. The molecular weight excluding hydrogens is 390 g/mol. The quantitative estimate of drug-likeness (QED) is 0.512. The lowest BCUT2D eigenvalue weighted by Gasteiger charge is -2.18. The smallest absolute Gasteiger partial charge is 0.348 e. The van der Waals surface area contributed by atoms with Gasteiger partial charge in [0, 0.05) is 5.56 Å². The lowest BCUT2D eigenvalue weighted by molar-refractivity contribution is 0.102. The van der Waals surface area contributed by atoms with Gasteiger partial charge in [-0.05, 0) is 50.1 Å². The summed E-state index contributed by atoms with van der Waals surface area (Å²) in [5, 5.41) is 7.08. The first-order valence-corrected chi connectivity index (χ1v) is 10.2. The predicted octanol–water partition coefficient (Wildman–Crippen LogP) is 3.23. The second-order valence-corrected chi connectivity index (χ2v) is 7.91. The zero-order chi connectivity index (χ0) is 20.5. The number of Topliss-reactive ketones (excluding diaryl/α,β-unsaturated/α-hetero) is 1. The fourth-order valence-corrected chi connectivity index (χ4v) is 4.37. The molecule has 0 saturated carbocycles. The van der Waals surface area contributed by atoms with Gasteiger partial charge >= 0.3 is 5.69 Å². The Morgan fingerprint density at radius 2 is 1.79 bits per heavy atom. The maximum atomic E-state index is 12.7. The summed E-state index contributed by atoms with van der Waals surface area (Å²) in [6.07, 6.45) is 0. The number of aromatic nitrogens is 3. The molecule has 0 spiro atoms. The molecule has 29 heavy (non-hydrogen) atoms. The molecule has 0 radical (unpaired) electrons. The van der Waals surface area contributed by atoms with E-state index >= 15 is 0 Å². The lowest BCUT2D eigenvalue weighted by Crippen LogP contribution is -2.18. The molecule has 0 unspecified atom stereocenters. The molecule has 2 aromatic carbocycles. The normalized spacial score (nSPS) is 12.8. The first-order chi connectivity index (χ1) is 13.9. The van der Waals surface area contributed by atoms with Crippen molar-refractivity contribution in [3.8, 4) is 17.2 Å². The highest BCUT2D eigenvalue weighted by atomic mass is 32.2. The number of rotatable bonds is 5. The number of hydrogen-bond donors (Lipinski definition) is 1. The number of benzene rings is 2. The van der Waals surface area contributed by atoms with Gasteiger partial charge in [-0.2, -0.15) is 0 Å². The van der Waals surface area contributed by atoms with Crippen LogP contribution < -0.4 is 15.2 Å². The molecule has 3 aromatic rings. The minimum atomic E-state index is -0.325. The topological polar surface area (TPSA) is 86.2 Å². The highest BCUT2D eigenvalue weighted by Crippen LogP contribution is 2.31. The van der Waals surface area contributed by atoms with Crippen LogP contribution in [0.4, 0.5) is 0 Å². The van der Waals surface area contributed by atoms with Crippen LogP contribution in [0.5, 0.6) is 11.5 Å². The first-order valence-electron chi connectivity index (χ1n) is 9.25. The predicted molar refractivity (Wildman–Crippen MR) is 111 cm³/mol. The third-order valence-electron chi connectivity index (χ3n) is 4.70. The molecule has 1 N–H and O–H groups in total. The fraction of sp³-hybridized carbons (Fsp3) is 0.286. The van der Waals surface area contributed by atoms with Crippen LogP contribution in [-0.4, -0.2) is 39.5 Å². The number of aromatic amines is 1. The second kappa shape index (κ2) is 7.79. The number of H-pyrrole nitrogens is 1. The lowest BCUT2D eigenvalue weighted by atomic mass is 10.1. The van der Waals surface area contributed by atoms with E-state index in [-0.39, 0.29) is 17.2 Å². The van der Waals surface area contributed by atoms with Crippen LogP contribution in [0.15, 0.2) is 40.3 Å². The molecule has 7 nitrogen and oxygen atoms in total. The summed E-state index contributed by atoms with van der Waals surface area (Å²) >= 11 is 1.22. The molecule has 0 saturated heterocycles. The average Bonchev–Trinajstić information content (AvgIpc) is 3.05. The van der Waals surface area contributed by atoms with E-state index < -0.39 is 0 Å². The summed E-state index contributed by atoms with van der Waals surface area (Å²) in [7, 11) is 0. The molecule has 0 bridgehead atoms. The van der Waals surface area contributed by atoms with Crippen LogP contribution >= 0.6 is 11.8 Å². The molecule has 4 rings (SSSR count). The van der Waals surface area contributed by atoms with E-state index in [0.717, 1.165) is 22.4 Å². The van der Waals surface area contributed by atoms with Crippen molar-refractivity contribution in [3.63, 3.8) is 0 Å². The maximum absolute atomic E-state index is 12.7. The van der Waals surface area contributed by atoms with Gasteiger partial charge in [-0.25, -0.2) is 14.5 Å². The zero-order valence-corrected chi connectivity index (χ0v) is 17.3. The van der Waals surface area contributed by atoms with E-state index in [1.807, 2.05) is 32.9 Å². The number of carbonyl (C=O) groups is 1. The van der Waals surface area contributed by atoms with Gasteiger partial charge in [0.25, 0.3) is 0 Å². The van der Waals surface area contributed by atoms with Gasteiger partial charge in [-0.3, -0.25) is 4.79 Å². The molecule has 2 heterocycles. The Hall–Kier alpha value is -3.00. The Morgan fingerprint density at radius 1 is 1.10 bits per heavy atom. The molecule has 8 heteroatoms. The SMILES string of the molecule is Cc1cc(C)c(-n2c(SCC(=O)c3ccc4c(c3)OCCO4)n[nH]c2=O)c(C)c1. The highest BCUT2D eigenvalue weighted by Gasteiger charge is 2.19. The standard InChI is InChI=1S/C21H21N3O4S/c1-12-8-13(2)19(14(3)9-12)24-20(26)22-23-21(24)29-11-16(25)15-4-5-17-18(10-15)28-7-6-27-17/h4-5,8-10H,6-7,11H2,1-3H3,(H,22,26). The van der Waals surface area contributed by atoms with Crippen LogP contribution in [0.1, 0.15) is 27.0 Å². The zero-order valence-electron chi connectivity index (χ0n) is 16.4. The van der Waals surface area contributed by atoms with Crippen LogP contribution in [0.2, 0.25) is 0 Å². The third-order valence-corrected chi connectivity index (χ3v) is 5.64. The summed E-state index contributed by atoms with van der Waals surface area (Å²) in [5.74, 6) is 1.29. The number of aryl methyl sites for hydroxylation is 3. The molecule has 150 valence electrons. The van der Waals surface area contributed by atoms with Crippen molar-refractivity contribution in [1.82, 2.24) is 14.8 Å². The summed E-state index contributed by atoms with van der Waals surface area (Å²) in [6.45, 7) is 6.91. The number of nitrogens with one attached hydrogen (secondary N) is 1. The number of hydrogen-bond acceptors (Lipinski definition) is 6. The molecule has 1 aliphatic rings. The van der Waals surface area contributed by atoms with E-state index in [2.05, 4.69) is 10.2 Å². The van der Waals surface area contributed by atoms with E-state index in [1.54, 1.807) is 18.2 Å². The van der Waals surface area contributed by atoms with Crippen molar-refractivity contribution in [3.05, 3.63) is 63.1 Å². The van der Waals surface area contributed by atoms with Gasteiger partial charge in [0.2, 0.25) is 0 Å². The van der Waals surface area contributed by atoms with Crippen molar-refractivity contribution in [2.75, 3.05) is 19.0 Å². The number of nitrogens with zero attached hydrogens (tertiary/aromatic N) is 2. The van der Waals surface area contributed by atoms with Crippen LogP contribution in [-0.2, 0) is 0 Å². The van der Waals surface area contributed by atoms with Crippen LogP contribution in [0.25, 0.3) is 5.69 Å². The Bertz CT molecular complexity index is 1130. The van der Waals surface area contributed by atoms with E-state index in [9.17, 15) is 9.59 Å². The Kier molecular flexibility index (Phi) is 5.19. The number of ether oxygens (including phenoxy) is 2. The van der Waals surface area contributed by atoms with Crippen LogP contribution in [0, 0.1) is 20.8 Å². The van der Waals surface area contributed by atoms with Gasteiger partial charge in [-0.15, -0.1) is 5.10 Å². The third kappa shape index (κ3) is 3.80. The first kappa shape index (κ1) is 19.3. The average molecular weight is 411 g/mol. The molecular formula is C21H21N3O4S. The van der Waals surface area contributed by atoms with Crippen molar-refractivity contribution in [1.29, 1.82) is 0 Å². The molecule has 0 fully saturated rings. The molecule has 0 aliphatic carbocycles. The molecule has 1 aliphatic heterocycles. The Labute approximate surface area is 172 Å². The van der Waals surface area contributed by atoms with Crippen molar-refractivity contribution >= 4 is 17.5 Å². The van der Waals surface area contributed by atoms with Crippen molar-refractivity contribution < 1.29 is 14.3 Å². The Balaban J connectivity index is 1.58. The van der Waals surface area contributed by atoms with Crippen molar-refractivity contribution in [2.24, 2.45) is 0 Å². The number of carbonyl (C=O) groups excluding carboxylic acids is 1. The van der Waals surface area contributed by atoms with Gasteiger partial charge in [0.15, 0.2) is 22.4 Å². The van der Waals surface area contributed by atoms with Crippen LogP contribution in [0.3, 0.4) is 0 Å². The monoisotopic (exact) mass is 411 g/mol. The number of fused-ring (bicyclic) bond motifs is 1. The van der Waals surface area contributed by atoms with Crippen molar-refractivity contribution in [2.45, 2.75) is 25.9 Å². The Morgan fingerprint density at radius 3 is 2.52 bits per heavy atom. The molecule has 0 atom stereocenters.